The van der Waals surface area contributed by atoms with Crippen LogP contribution in [0, 0.1) is 12.8 Å². The molecule has 0 bridgehead atoms. The van der Waals surface area contributed by atoms with Crippen molar-refractivity contribution in [2.24, 2.45) is 5.92 Å². The third kappa shape index (κ3) is 4.34. The number of nitrogens with zero attached hydrogens (tertiary/aromatic N) is 4. The van der Waals surface area contributed by atoms with Crippen LogP contribution in [0.25, 0.3) is 0 Å². The van der Waals surface area contributed by atoms with E-state index in [-0.39, 0.29) is 0 Å². The van der Waals surface area contributed by atoms with Gasteiger partial charge in [0.1, 0.15) is 5.82 Å². The number of hydrogen-bond donors (Lipinski definition) is 1. The largest absolute Gasteiger partial charge is 0.356 e. The van der Waals surface area contributed by atoms with Crippen molar-refractivity contribution < 1.29 is 0 Å². The second-order valence-corrected chi connectivity index (χ2v) is 6.09. The molecule has 1 aliphatic rings. The van der Waals surface area contributed by atoms with Crippen molar-refractivity contribution in [2.75, 3.05) is 50.5 Å². The van der Waals surface area contributed by atoms with E-state index in [1.165, 1.54) is 12.8 Å². The summed E-state index contributed by atoms with van der Waals surface area (Å²) in [5, 5.41) is 3.31. The zero-order valence-electron chi connectivity index (χ0n) is 13.2. The lowest BCUT2D eigenvalue weighted by Gasteiger charge is -2.31. The van der Waals surface area contributed by atoms with Gasteiger partial charge in [0.2, 0.25) is 5.95 Å². The van der Waals surface area contributed by atoms with E-state index < -0.39 is 0 Å². The maximum Gasteiger partial charge on any atom is 0.224 e. The standard InChI is InChI=1S/C15H27N5/c1-12-5-8-20(9-6-12)14-11-13(2)17-15(18-14)16-7-10-19(3)4/h11-12H,5-10H2,1-4H3,(H,16,17,18). The molecule has 2 heterocycles. The first-order valence-corrected chi connectivity index (χ1v) is 7.54. The summed E-state index contributed by atoms with van der Waals surface area (Å²) in [4.78, 5) is 13.7. The molecule has 20 heavy (non-hydrogen) atoms. The number of aryl methyl sites for hydroxylation is 1. The van der Waals surface area contributed by atoms with Crippen LogP contribution in [0.1, 0.15) is 25.5 Å². The van der Waals surface area contributed by atoms with E-state index in [1.807, 2.05) is 6.92 Å². The Kier molecular flexibility index (Phi) is 5.17. The first kappa shape index (κ1) is 15.0. The summed E-state index contributed by atoms with van der Waals surface area (Å²) in [6, 6.07) is 2.09. The number of piperidine rings is 1. The van der Waals surface area contributed by atoms with Crippen LogP contribution in [0.5, 0.6) is 0 Å². The van der Waals surface area contributed by atoms with Crippen LogP contribution in [0.2, 0.25) is 0 Å². The molecule has 2 rings (SSSR count). The van der Waals surface area contributed by atoms with Crippen molar-refractivity contribution in [3.8, 4) is 0 Å². The van der Waals surface area contributed by atoms with Crippen LogP contribution in [-0.2, 0) is 0 Å². The molecule has 0 atom stereocenters. The molecule has 1 aliphatic heterocycles. The predicted octanol–water partition coefficient (Wildman–Crippen LogP) is 1.99. The highest BCUT2D eigenvalue weighted by atomic mass is 15.2. The van der Waals surface area contributed by atoms with Gasteiger partial charge in [0.05, 0.1) is 0 Å². The zero-order valence-corrected chi connectivity index (χ0v) is 13.2. The van der Waals surface area contributed by atoms with Crippen molar-refractivity contribution in [3.63, 3.8) is 0 Å². The lowest BCUT2D eigenvalue weighted by atomic mass is 9.99. The van der Waals surface area contributed by atoms with Crippen LogP contribution < -0.4 is 10.2 Å². The molecule has 0 saturated carbocycles. The Morgan fingerprint density at radius 3 is 2.65 bits per heavy atom. The lowest BCUT2D eigenvalue weighted by molar-refractivity contribution is 0.424. The molecule has 1 aromatic rings. The summed E-state index contributed by atoms with van der Waals surface area (Å²) in [7, 11) is 4.14. The lowest BCUT2D eigenvalue weighted by Crippen LogP contribution is -2.33. The second-order valence-electron chi connectivity index (χ2n) is 6.09. The van der Waals surface area contributed by atoms with E-state index >= 15 is 0 Å². The van der Waals surface area contributed by atoms with Gasteiger partial charge < -0.3 is 15.1 Å². The molecule has 0 aliphatic carbocycles. The fourth-order valence-electron chi connectivity index (χ4n) is 2.42. The number of likely N-dealkylation sites (N-methyl/N-ethyl adjacent to an activating group) is 1. The highest BCUT2D eigenvalue weighted by molar-refractivity contribution is 5.45. The zero-order chi connectivity index (χ0) is 14.5. The quantitative estimate of drug-likeness (QED) is 0.892. The first-order valence-electron chi connectivity index (χ1n) is 7.54. The number of hydrogen-bond acceptors (Lipinski definition) is 5. The molecule has 1 fully saturated rings. The third-order valence-corrected chi connectivity index (χ3v) is 3.79. The summed E-state index contributed by atoms with van der Waals surface area (Å²) < 4.78 is 0. The van der Waals surface area contributed by atoms with Crippen molar-refractivity contribution in [3.05, 3.63) is 11.8 Å². The van der Waals surface area contributed by atoms with Crippen LogP contribution in [0.15, 0.2) is 6.07 Å². The fraction of sp³-hybridized carbons (Fsp3) is 0.733. The van der Waals surface area contributed by atoms with E-state index in [4.69, 9.17) is 0 Å². The summed E-state index contributed by atoms with van der Waals surface area (Å²) in [6.45, 7) is 8.43. The van der Waals surface area contributed by atoms with E-state index in [0.717, 1.165) is 49.6 Å². The van der Waals surface area contributed by atoms with Gasteiger partial charge in [-0.15, -0.1) is 0 Å². The molecule has 0 unspecified atom stereocenters. The number of nitrogens with one attached hydrogen (secondary N) is 1. The number of rotatable bonds is 5. The molecule has 0 radical (unpaired) electrons. The Morgan fingerprint density at radius 2 is 2.00 bits per heavy atom. The highest BCUT2D eigenvalue weighted by Gasteiger charge is 2.17. The Balaban J connectivity index is 2.00. The second kappa shape index (κ2) is 6.88. The molecule has 5 heteroatoms. The summed E-state index contributed by atoms with van der Waals surface area (Å²) in [6.07, 6.45) is 2.51. The molecule has 1 N–H and O–H groups in total. The Morgan fingerprint density at radius 1 is 1.30 bits per heavy atom. The van der Waals surface area contributed by atoms with Gasteiger partial charge in [-0.3, -0.25) is 0 Å². The average Bonchev–Trinajstić information content (AvgIpc) is 2.38. The molecule has 112 valence electrons. The van der Waals surface area contributed by atoms with Crippen LogP contribution in [-0.4, -0.2) is 55.1 Å². The number of anilines is 2. The number of aromatic nitrogens is 2. The molecule has 0 amide bonds. The van der Waals surface area contributed by atoms with E-state index in [9.17, 15) is 0 Å². The van der Waals surface area contributed by atoms with Gasteiger partial charge in [-0.1, -0.05) is 6.92 Å². The fourth-order valence-corrected chi connectivity index (χ4v) is 2.42. The van der Waals surface area contributed by atoms with Gasteiger partial charge in [-0.25, -0.2) is 4.98 Å². The summed E-state index contributed by atoms with van der Waals surface area (Å²) in [5.74, 6) is 2.66. The average molecular weight is 277 g/mol. The van der Waals surface area contributed by atoms with Crippen molar-refractivity contribution >= 4 is 11.8 Å². The monoisotopic (exact) mass is 277 g/mol. The third-order valence-electron chi connectivity index (χ3n) is 3.79. The van der Waals surface area contributed by atoms with Gasteiger partial charge in [0.25, 0.3) is 0 Å². The maximum atomic E-state index is 4.66. The van der Waals surface area contributed by atoms with Crippen LogP contribution >= 0.6 is 0 Å². The van der Waals surface area contributed by atoms with Gasteiger partial charge in [0, 0.05) is 37.9 Å². The normalized spacial score (nSPS) is 16.8. The predicted molar refractivity (Wildman–Crippen MR) is 84.4 cm³/mol. The highest BCUT2D eigenvalue weighted by Crippen LogP contribution is 2.22. The molecular formula is C15H27N5. The van der Waals surface area contributed by atoms with E-state index in [1.54, 1.807) is 0 Å². The van der Waals surface area contributed by atoms with Gasteiger partial charge >= 0.3 is 0 Å². The van der Waals surface area contributed by atoms with Crippen molar-refractivity contribution in [1.29, 1.82) is 0 Å². The van der Waals surface area contributed by atoms with Crippen LogP contribution in [0.4, 0.5) is 11.8 Å². The SMILES string of the molecule is Cc1cc(N2CCC(C)CC2)nc(NCCN(C)C)n1. The molecule has 0 spiro atoms. The van der Waals surface area contributed by atoms with E-state index in [0.29, 0.717) is 0 Å². The molecule has 1 aromatic heterocycles. The van der Waals surface area contributed by atoms with Gasteiger partial charge in [-0.05, 0) is 39.8 Å². The Labute approximate surface area is 122 Å². The van der Waals surface area contributed by atoms with Crippen molar-refractivity contribution in [2.45, 2.75) is 26.7 Å². The van der Waals surface area contributed by atoms with Crippen LogP contribution in [0.3, 0.4) is 0 Å². The molecule has 1 saturated heterocycles. The van der Waals surface area contributed by atoms with Crippen molar-refractivity contribution in [1.82, 2.24) is 14.9 Å². The van der Waals surface area contributed by atoms with E-state index in [2.05, 4.69) is 52.2 Å². The minimum absolute atomic E-state index is 0.750. The maximum absolute atomic E-state index is 4.66. The minimum atomic E-state index is 0.750. The molecular weight excluding hydrogens is 250 g/mol. The Bertz CT molecular complexity index is 424. The Hall–Kier alpha value is -1.36. The minimum Gasteiger partial charge on any atom is -0.356 e. The van der Waals surface area contributed by atoms with Gasteiger partial charge in [-0.2, -0.15) is 4.98 Å². The smallest absolute Gasteiger partial charge is 0.224 e. The molecule has 5 nitrogen and oxygen atoms in total. The summed E-state index contributed by atoms with van der Waals surface area (Å²) in [5.41, 5.74) is 1.03. The molecule has 0 aromatic carbocycles. The summed E-state index contributed by atoms with van der Waals surface area (Å²) >= 11 is 0. The first-order chi connectivity index (χ1) is 9.54. The van der Waals surface area contributed by atoms with Gasteiger partial charge in [0.15, 0.2) is 0 Å². The topological polar surface area (TPSA) is 44.3 Å².